The summed E-state index contributed by atoms with van der Waals surface area (Å²) in [6, 6.07) is 38.8. The SMILES string of the molecule is COC(=O)/C=C\OC[C@@]1(O[C@H]2O[C@H](CO[Si](c3ccccc3)(c3ccccc3)C(C)(C)C)[C@@H](OC(C)=O)[C@H](OC(C)=O)[C@H]2OC(C)=O)O[C@H](CO[Si](c2ccccc2)(c2ccccc2)C(C)(C)C)[C@@H](OC(C)=O)[C@@H]1OC(C)=O. The Bertz CT molecular complexity index is 2620. The first-order valence-corrected chi connectivity index (χ1v) is 29.4. The fourth-order valence-electron chi connectivity index (χ4n) is 10.4. The highest BCUT2D eigenvalue weighted by atomic mass is 28.4. The topological polar surface area (TPSA) is 213 Å². The summed E-state index contributed by atoms with van der Waals surface area (Å²) in [5, 5.41) is 2.48. The van der Waals surface area contributed by atoms with E-state index in [2.05, 4.69) is 41.5 Å². The van der Waals surface area contributed by atoms with E-state index in [9.17, 15) is 28.8 Å². The van der Waals surface area contributed by atoms with E-state index in [0.717, 1.165) is 67.7 Å². The summed E-state index contributed by atoms with van der Waals surface area (Å²) in [6.45, 7) is 16.6. The lowest BCUT2D eigenvalue weighted by Crippen LogP contribution is -2.69. The molecule has 0 saturated carbocycles. The van der Waals surface area contributed by atoms with E-state index in [0.29, 0.717) is 0 Å². The van der Waals surface area contributed by atoms with Crippen LogP contribution in [0.4, 0.5) is 0 Å². The van der Waals surface area contributed by atoms with E-state index in [1.165, 1.54) is 7.11 Å². The molecule has 20 heteroatoms. The Hall–Kier alpha value is -6.53. The van der Waals surface area contributed by atoms with Crippen LogP contribution in [0.3, 0.4) is 0 Å². The summed E-state index contributed by atoms with van der Waals surface area (Å²) < 4.78 is 76.2. The molecule has 2 fully saturated rings. The summed E-state index contributed by atoms with van der Waals surface area (Å²) in [6.07, 6.45) is -10.9. The molecule has 0 bridgehead atoms. The molecule has 4 aromatic carbocycles. The average molecular weight is 1110 g/mol. The molecule has 420 valence electrons. The van der Waals surface area contributed by atoms with Gasteiger partial charge in [0.2, 0.25) is 12.1 Å². The van der Waals surface area contributed by atoms with Crippen molar-refractivity contribution in [3.05, 3.63) is 134 Å². The number of carbonyl (C=O) groups excluding carboxylic acids is 6. The maximum absolute atomic E-state index is 13.4. The Kier molecular flexibility index (Phi) is 20.2. The van der Waals surface area contributed by atoms with Crippen LogP contribution < -0.4 is 20.7 Å². The van der Waals surface area contributed by atoms with Gasteiger partial charge in [-0.3, -0.25) is 24.0 Å². The van der Waals surface area contributed by atoms with E-state index < -0.39 is 124 Å². The second kappa shape index (κ2) is 26.0. The first-order valence-electron chi connectivity index (χ1n) is 25.6. The molecule has 78 heavy (non-hydrogen) atoms. The van der Waals surface area contributed by atoms with Gasteiger partial charge in [0.25, 0.3) is 16.6 Å². The Balaban J connectivity index is 1.55. The molecule has 0 aromatic heterocycles. The molecule has 0 amide bonds. The third kappa shape index (κ3) is 13.8. The number of benzene rings is 4. The number of ether oxygens (including phenoxy) is 10. The summed E-state index contributed by atoms with van der Waals surface area (Å²) in [5.41, 5.74) is 0. The number of hydrogen-bond acceptors (Lipinski definition) is 18. The first-order chi connectivity index (χ1) is 36.9. The molecule has 18 nitrogen and oxygen atoms in total. The zero-order valence-corrected chi connectivity index (χ0v) is 48.3. The minimum absolute atomic E-state index is 0.315. The largest absolute Gasteiger partial charge is 0.495 e. The average Bonchev–Trinajstić information content (AvgIpc) is 3.64. The Morgan fingerprint density at radius 1 is 0.513 bits per heavy atom. The molecule has 0 N–H and O–H groups in total. The third-order valence-electron chi connectivity index (χ3n) is 13.4. The van der Waals surface area contributed by atoms with Crippen molar-refractivity contribution in [3.63, 3.8) is 0 Å². The first kappa shape index (κ1) is 60.7. The molecule has 2 heterocycles. The number of rotatable bonds is 21. The molecule has 2 saturated heterocycles. The van der Waals surface area contributed by atoms with Gasteiger partial charge in [0.1, 0.15) is 18.8 Å². The Morgan fingerprint density at radius 3 is 1.27 bits per heavy atom. The van der Waals surface area contributed by atoms with Crippen molar-refractivity contribution in [2.75, 3.05) is 26.9 Å². The molecular formula is C58H72O18Si2. The minimum atomic E-state index is -3.42. The van der Waals surface area contributed by atoms with E-state index >= 15 is 0 Å². The Labute approximate surface area is 458 Å². The van der Waals surface area contributed by atoms with Gasteiger partial charge in [0.15, 0.2) is 30.5 Å². The van der Waals surface area contributed by atoms with E-state index in [4.69, 9.17) is 56.2 Å². The normalized spacial score (nSPS) is 23.6. The van der Waals surface area contributed by atoms with Gasteiger partial charge in [-0.1, -0.05) is 163 Å². The van der Waals surface area contributed by atoms with Gasteiger partial charge >= 0.3 is 35.8 Å². The quantitative estimate of drug-likeness (QED) is 0.0339. The van der Waals surface area contributed by atoms with Crippen LogP contribution in [0.15, 0.2) is 134 Å². The van der Waals surface area contributed by atoms with Crippen LogP contribution in [0.25, 0.3) is 0 Å². The number of carbonyl (C=O) groups is 6. The fraction of sp³-hybridized carbons (Fsp3) is 0.448. The zero-order chi connectivity index (χ0) is 57.1. The predicted octanol–water partition coefficient (Wildman–Crippen LogP) is 5.34. The van der Waals surface area contributed by atoms with Crippen molar-refractivity contribution in [2.45, 2.75) is 141 Å². The summed E-state index contributed by atoms with van der Waals surface area (Å²) >= 11 is 0. The van der Waals surface area contributed by atoms with Gasteiger partial charge in [-0.05, 0) is 30.8 Å². The third-order valence-corrected chi connectivity index (χ3v) is 23.4. The maximum atomic E-state index is 13.4. The van der Waals surface area contributed by atoms with Gasteiger partial charge in [0, 0.05) is 34.6 Å². The second-order valence-corrected chi connectivity index (χ2v) is 29.7. The summed E-state index contributed by atoms with van der Waals surface area (Å²) in [7, 11) is -5.65. The lowest BCUT2D eigenvalue weighted by atomic mass is 9.97. The second-order valence-electron chi connectivity index (χ2n) is 21.0. The van der Waals surface area contributed by atoms with Gasteiger partial charge in [-0.2, -0.15) is 0 Å². The highest BCUT2D eigenvalue weighted by Gasteiger charge is 2.65. The monoisotopic (exact) mass is 1110 g/mol. The van der Waals surface area contributed by atoms with Crippen molar-refractivity contribution in [1.82, 2.24) is 0 Å². The lowest BCUT2D eigenvalue weighted by molar-refractivity contribution is -0.383. The fourth-order valence-corrected chi connectivity index (χ4v) is 19.6. The van der Waals surface area contributed by atoms with Crippen molar-refractivity contribution < 1.29 is 85.0 Å². The smallest absolute Gasteiger partial charge is 0.333 e. The van der Waals surface area contributed by atoms with Crippen molar-refractivity contribution in [1.29, 1.82) is 0 Å². The number of esters is 6. The molecule has 2 aliphatic heterocycles. The number of hydrogen-bond donors (Lipinski definition) is 0. The van der Waals surface area contributed by atoms with Crippen LogP contribution >= 0.6 is 0 Å². The van der Waals surface area contributed by atoms with Crippen molar-refractivity contribution in [3.8, 4) is 0 Å². The van der Waals surface area contributed by atoms with Crippen molar-refractivity contribution >= 4 is 73.2 Å². The molecule has 2 aliphatic rings. The maximum Gasteiger partial charge on any atom is 0.333 e. The van der Waals surface area contributed by atoms with Gasteiger partial charge < -0.3 is 56.2 Å². The standard InChI is InChI=1S/C58H72O18Si2/c1-38(59)69-50-47(35-67-77(56(6,7)8,43-25-17-13-18-26-43)44-27-19-14-20-28-44)74-55(53(72-41(4)62)52(50)71-40(3)61)76-58(37-66-34-33-49(64)65-12)54(73-42(5)63)51(70-39(2)60)48(75-58)36-68-78(57(9,10)11,45-29-21-15-22-30-45)46-31-23-16-24-32-46/h13-34,47-48,50-55H,35-37H2,1-12H3/b34-33-/t47-,48-,50-,51-,52+,53-,54+,55-,58+/m1/s1. The van der Waals surface area contributed by atoms with Crippen LogP contribution in [-0.2, 0) is 85.0 Å². The minimum Gasteiger partial charge on any atom is -0.495 e. The highest BCUT2D eigenvalue weighted by Crippen LogP contribution is 2.44. The highest BCUT2D eigenvalue weighted by molar-refractivity contribution is 7.00. The predicted molar refractivity (Wildman–Crippen MR) is 289 cm³/mol. The van der Waals surface area contributed by atoms with Crippen LogP contribution in [0.5, 0.6) is 0 Å². The molecule has 0 unspecified atom stereocenters. The lowest BCUT2D eigenvalue weighted by Gasteiger charge is -2.48. The molecule has 0 aliphatic carbocycles. The van der Waals surface area contributed by atoms with E-state index in [1.807, 2.05) is 121 Å². The van der Waals surface area contributed by atoms with Crippen molar-refractivity contribution in [2.24, 2.45) is 0 Å². The van der Waals surface area contributed by atoms with Gasteiger partial charge in [-0.15, -0.1) is 0 Å². The molecule has 4 aromatic rings. The molecule has 0 spiro atoms. The summed E-state index contributed by atoms with van der Waals surface area (Å²) in [5.74, 6) is -7.49. The van der Waals surface area contributed by atoms with Gasteiger partial charge in [0.05, 0.1) is 32.7 Å². The van der Waals surface area contributed by atoms with Gasteiger partial charge in [-0.25, -0.2) is 4.79 Å². The number of methoxy groups -OCH3 is 1. The molecular weight excluding hydrogens is 1040 g/mol. The summed E-state index contributed by atoms with van der Waals surface area (Å²) in [4.78, 5) is 78.8. The van der Waals surface area contributed by atoms with E-state index in [-0.39, 0.29) is 13.2 Å². The van der Waals surface area contributed by atoms with Crippen LogP contribution in [-0.4, -0.2) is 134 Å². The molecule has 0 radical (unpaired) electrons. The van der Waals surface area contributed by atoms with Crippen LogP contribution in [0.1, 0.15) is 76.2 Å². The van der Waals surface area contributed by atoms with E-state index in [1.54, 1.807) is 0 Å². The zero-order valence-electron chi connectivity index (χ0n) is 46.3. The van der Waals surface area contributed by atoms with Crippen LogP contribution in [0.2, 0.25) is 10.1 Å². The Morgan fingerprint density at radius 2 is 0.885 bits per heavy atom. The molecule has 6 rings (SSSR count). The molecule has 9 atom stereocenters. The van der Waals surface area contributed by atoms with Crippen LogP contribution in [0, 0.1) is 0 Å².